The van der Waals surface area contributed by atoms with Crippen LogP contribution in [-0.4, -0.2) is 40.5 Å². The number of carbonyl (C=O) groups is 2. The van der Waals surface area contributed by atoms with Crippen LogP contribution in [0.1, 0.15) is 22.5 Å². The van der Waals surface area contributed by atoms with Gasteiger partial charge in [0.1, 0.15) is 5.54 Å². The topological polar surface area (TPSA) is 96.8 Å². The van der Waals surface area contributed by atoms with E-state index in [2.05, 4.69) is 0 Å². The van der Waals surface area contributed by atoms with Crippen molar-refractivity contribution in [3.05, 3.63) is 23.7 Å². The standard InChI is InChI=1S/C11H14N2O4/c1-7-2-5-17-8(7)9(14)13-4-3-11(12,6-13)10(15)16/h2,5H,3-4,6,12H2,1H3,(H,15,16). The summed E-state index contributed by atoms with van der Waals surface area (Å²) in [5.74, 6) is -1.13. The van der Waals surface area contributed by atoms with Crippen LogP contribution in [0.25, 0.3) is 0 Å². The molecule has 0 spiro atoms. The number of carboxylic acids is 1. The molecule has 1 aromatic heterocycles. The highest BCUT2D eigenvalue weighted by Crippen LogP contribution is 2.22. The van der Waals surface area contributed by atoms with Crippen LogP contribution in [0.4, 0.5) is 0 Å². The van der Waals surface area contributed by atoms with E-state index in [0.717, 1.165) is 5.56 Å². The molecule has 0 aliphatic carbocycles. The number of amides is 1. The number of carbonyl (C=O) groups excluding carboxylic acids is 1. The minimum Gasteiger partial charge on any atom is -0.480 e. The van der Waals surface area contributed by atoms with Crippen molar-refractivity contribution in [2.45, 2.75) is 18.9 Å². The minimum absolute atomic E-state index is 0.0152. The third kappa shape index (κ3) is 1.91. The quantitative estimate of drug-likeness (QED) is 0.768. The van der Waals surface area contributed by atoms with Crippen LogP contribution < -0.4 is 5.73 Å². The predicted molar refractivity (Wildman–Crippen MR) is 58.5 cm³/mol. The van der Waals surface area contributed by atoms with E-state index in [-0.39, 0.29) is 24.6 Å². The van der Waals surface area contributed by atoms with Crippen molar-refractivity contribution in [2.75, 3.05) is 13.1 Å². The lowest BCUT2D eigenvalue weighted by Crippen LogP contribution is -2.50. The second kappa shape index (κ2) is 3.89. The maximum atomic E-state index is 12.0. The number of carboxylic acid groups (broad SMARTS) is 1. The summed E-state index contributed by atoms with van der Waals surface area (Å²) in [5, 5.41) is 8.97. The second-order valence-electron chi connectivity index (χ2n) is 4.37. The number of likely N-dealkylation sites (tertiary alicyclic amines) is 1. The van der Waals surface area contributed by atoms with Crippen LogP contribution in [0, 0.1) is 6.92 Å². The minimum atomic E-state index is -1.34. The first-order valence-corrected chi connectivity index (χ1v) is 5.30. The number of aryl methyl sites for hydroxylation is 1. The Balaban J connectivity index is 2.15. The van der Waals surface area contributed by atoms with E-state index in [4.69, 9.17) is 15.3 Å². The van der Waals surface area contributed by atoms with Crippen LogP contribution in [0.15, 0.2) is 16.7 Å². The monoisotopic (exact) mass is 238 g/mol. The van der Waals surface area contributed by atoms with Crippen molar-refractivity contribution in [3.8, 4) is 0 Å². The Morgan fingerprint density at radius 1 is 1.59 bits per heavy atom. The fourth-order valence-corrected chi connectivity index (χ4v) is 1.92. The molecule has 92 valence electrons. The van der Waals surface area contributed by atoms with Crippen LogP contribution in [0.2, 0.25) is 0 Å². The summed E-state index contributed by atoms with van der Waals surface area (Å²) < 4.78 is 5.09. The van der Waals surface area contributed by atoms with Gasteiger partial charge in [-0.3, -0.25) is 9.59 Å². The Bertz CT molecular complexity index is 468. The number of hydrogen-bond acceptors (Lipinski definition) is 4. The van der Waals surface area contributed by atoms with Crippen molar-refractivity contribution in [2.24, 2.45) is 5.73 Å². The zero-order valence-electron chi connectivity index (χ0n) is 9.47. The summed E-state index contributed by atoms with van der Waals surface area (Å²) in [4.78, 5) is 24.4. The average Bonchev–Trinajstić information content (AvgIpc) is 2.85. The molecule has 1 unspecified atom stereocenters. The lowest BCUT2D eigenvalue weighted by molar-refractivity contribution is -0.142. The van der Waals surface area contributed by atoms with Gasteiger partial charge in [-0.05, 0) is 19.4 Å². The van der Waals surface area contributed by atoms with Gasteiger partial charge in [0.2, 0.25) is 0 Å². The van der Waals surface area contributed by atoms with Gasteiger partial charge < -0.3 is 20.2 Å². The van der Waals surface area contributed by atoms with Crippen LogP contribution in [0.5, 0.6) is 0 Å². The molecule has 0 saturated carbocycles. The van der Waals surface area contributed by atoms with Gasteiger partial charge in [0.05, 0.1) is 6.26 Å². The molecule has 1 amide bonds. The van der Waals surface area contributed by atoms with E-state index < -0.39 is 11.5 Å². The Kier molecular flexibility index (Phi) is 2.66. The molecule has 6 heteroatoms. The van der Waals surface area contributed by atoms with Crippen molar-refractivity contribution in [1.29, 1.82) is 0 Å². The molecule has 0 aromatic carbocycles. The van der Waals surface area contributed by atoms with Crippen molar-refractivity contribution < 1.29 is 19.1 Å². The molecule has 17 heavy (non-hydrogen) atoms. The van der Waals surface area contributed by atoms with Crippen LogP contribution >= 0.6 is 0 Å². The Morgan fingerprint density at radius 2 is 2.29 bits per heavy atom. The van der Waals surface area contributed by atoms with Gasteiger partial charge in [0.25, 0.3) is 5.91 Å². The van der Waals surface area contributed by atoms with Gasteiger partial charge in [-0.1, -0.05) is 0 Å². The van der Waals surface area contributed by atoms with E-state index in [1.54, 1.807) is 13.0 Å². The lowest BCUT2D eigenvalue weighted by atomic mass is 10.0. The number of aliphatic carboxylic acids is 1. The highest BCUT2D eigenvalue weighted by Gasteiger charge is 2.43. The van der Waals surface area contributed by atoms with Gasteiger partial charge in [0, 0.05) is 18.7 Å². The molecule has 1 fully saturated rings. The largest absolute Gasteiger partial charge is 0.480 e. The second-order valence-corrected chi connectivity index (χ2v) is 4.37. The van der Waals surface area contributed by atoms with Gasteiger partial charge in [0.15, 0.2) is 5.76 Å². The van der Waals surface area contributed by atoms with Crippen molar-refractivity contribution >= 4 is 11.9 Å². The summed E-state index contributed by atoms with van der Waals surface area (Å²) in [5.41, 5.74) is 5.10. The third-order valence-corrected chi connectivity index (χ3v) is 3.07. The molecule has 1 aliphatic heterocycles. The molecule has 1 aromatic rings. The summed E-state index contributed by atoms with van der Waals surface area (Å²) in [7, 11) is 0. The van der Waals surface area contributed by atoms with Crippen molar-refractivity contribution in [3.63, 3.8) is 0 Å². The fraction of sp³-hybridized carbons (Fsp3) is 0.455. The number of hydrogen-bond donors (Lipinski definition) is 2. The molecular formula is C11H14N2O4. The molecule has 3 N–H and O–H groups in total. The summed E-state index contributed by atoms with van der Waals surface area (Å²) >= 11 is 0. The van der Waals surface area contributed by atoms with Gasteiger partial charge in [-0.25, -0.2) is 0 Å². The van der Waals surface area contributed by atoms with Crippen LogP contribution in [0.3, 0.4) is 0 Å². The zero-order chi connectivity index (χ0) is 12.6. The zero-order valence-corrected chi connectivity index (χ0v) is 9.47. The Morgan fingerprint density at radius 3 is 2.76 bits per heavy atom. The molecule has 0 radical (unpaired) electrons. The van der Waals surface area contributed by atoms with E-state index in [9.17, 15) is 9.59 Å². The molecular weight excluding hydrogens is 224 g/mol. The first-order chi connectivity index (χ1) is 7.94. The van der Waals surface area contributed by atoms with E-state index in [1.807, 2.05) is 0 Å². The molecule has 6 nitrogen and oxygen atoms in total. The highest BCUT2D eigenvalue weighted by atomic mass is 16.4. The number of nitrogens with two attached hydrogens (primary N) is 1. The Labute approximate surface area is 98.0 Å². The number of nitrogens with zero attached hydrogens (tertiary/aromatic N) is 1. The lowest BCUT2D eigenvalue weighted by Gasteiger charge is -2.19. The summed E-state index contributed by atoms with van der Waals surface area (Å²) in [6.45, 7) is 2.11. The molecule has 0 bridgehead atoms. The molecule has 1 saturated heterocycles. The van der Waals surface area contributed by atoms with Gasteiger partial charge in [-0.2, -0.15) is 0 Å². The summed E-state index contributed by atoms with van der Waals surface area (Å²) in [6.07, 6.45) is 1.69. The van der Waals surface area contributed by atoms with Crippen molar-refractivity contribution in [1.82, 2.24) is 4.90 Å². The normalized spacial score (nSPS) is 24.0. The SMILES string of the molecule is Cc1ccoc1C(=O)N1CCC(N)(C(=O)O)C1. The van der Waals surface area contributed by atoms with Gasteiger partial charge in [-0.15, -0.1) is 0 Å². The Hall–Kier alpha value is -1.82. The maximum Gasteiger partial charge on any atom is 0.325 e. The van der Waals surface area contributed by atoms with Crippen LogP contribution in [-0.2, 0) is 4.79 Å². The van der Waals surface area contributed by atoms with E-state index in [1.165, 1.54) is 11.2 Å². The first-order valence-electron chi connectivity index (χ1n) is 5.30. The predicted octanol–water partition coefficient (Wildman–Crippen LogP) is 0.216. The van der Waals surface area contributed by atoms with Gasteiger partial charge >= 0.3 is 5.97 Å². The summed E-state index contributed by atoms with van der Waals surface area (Å²) in [6, 6.07) is 1.69. The molecule has 2 rings (SSSR count). The number of rotatable bonds is 2. The number of furan rings is 1. The van der Waals surface area contributed by atoms with E-state index >= 15 is 0 Å². The fourth-order valence-electron chi connectivity index (χ4n) is 1.92. The molecule has 1 aliphatic rings. The smallest absolute Gasteiger partial charge is 0.325 e. The third-order valence-electron chi connectivity index (χ3n) is 3.07. The maximum absolute atomic E-state index is 12.0. The highest BCUT2D eigenvalue weighted by molar-refractivity contribution is 5.94. The van der Waals surface area contributed by atoms with E-state index in [0.29, 0.717) is 6.54 Å². The molecule has 1 atom stereocenters. The molecule has 2 heterocycles. The average molecular weight is 238 g/mol. The first kappa shape index (κ1) is 11.7.